The van der Waals surface area contributed by atoms with Gasteiger partial charge in [0, 0.05) is 11.0 Å². The molecular weight excluding hydrogens is 206 g/mol. The van der Waals surface area contributed by atoms with Crippen molar-refractivity contribution >= 4 is 17.3 Å². The second-order valence-corrected chi connectivity index (χ2v) is 2.76. The van der Waals surface area contributed by atoms with Crippen LogP contribution < -0.4 is 9.47 Å². The van der Waals surface area contributed by atoms with E-state index in [4.69, 9.17) is 26.6 Å². The molecule has 6 heteroatoms. The summed E-state index contributed by atoms with van der Waals surface area (Å²) in [4.78, 5) is 2.66. The molecule has 1 aromatic carbocycles. The Morgan fingerprint density at radius 2 is 1.93 bits per heavy atom. The van der Waals surface area contributed by atoms with Crippen LogP contribution in [0.1, 0.15) is 0 Å². The van der Waals surface area contributed by atoms with Crippen LogP contribution in [0.25, 0.3) is 10.4 Å². The lowest BCUT2D eigenvalue weighted by atomic mass is 10.3. The Hall–Kier alpha value is -1.58. The van der Waals surface area contributed by atoms with Gasteiger partial charge in [0.1, 0.15) is 11.5 Å². The van der Waals surface area contributed by atoms with Gasteiger partial charge < -0.3 is 9.47 Å². The van der Waals surface area contributed by atoms with Crippen LogP contribution in [0.15, 0.2) is 17.2 Å². The Labute approximate surface area is 85.8 Å². The van der Waals surface area contributed by atoms with E-state index in [1.165, 1.54) is 20.3 Å². The Balaban J connectivity index is 3.30. The number of halogens is 1. The standard InChI is InChI=1S/C8H8ClN3O2/c1-13-7-4-8(14-2)6(11-12-10)3-5(7)9/h3-4H,1-2H3. The highest BCUT2D eigenvalue weighted by atomic mass is 35.5. The highest BCUT2D eigenvalue weighted by molar-refractivity contribution is 6.32. The van der Waals surface area contributed by atoms with Gasteiger partial charge in [-0.05, 0) is 11.6 Å². The van der Waals surface area contributed by atoms with Crippen molar-refractivity contribution in [2.45, 2.75) is 0 Å². The molecule has 0 aromatic heterocycles. The first-order valence-corrected chi connectivity index (χ1v) is 4.07. The Kier molecular flexibility index (Phi) is 3.45. The molecular formula is C8H8ClN3O2. The zero-order valence-corrected chi connectivity index (χ0v) is 8.45. The van der Waals surface area contributed by atoms with Gasteiger partial charge in [0.15, 0.2) is 0 Å². The molecule has 0 saturated carbocycles. The molecule has 74 valence electrons. The van der Waals surface area contributed by atoms with E-state index in [1.807, 2.05) is 0 Å². The summed E-state index contributed by atoms with van der Waals surface area (Å²) in [5.41, 5.74) is 8.62. The van der Waals surface area contributed by atoms with Gasteiger partial charge in [-0.15, -0.1) is 0 Å². The summed E-state index contributed by atoms with van der Waals surface area (Å²) in [6.07, 6.45) is 0. The van der Waals surface area contributed by atoms with Gasteiger partial charge >= 0.3 is 0 Å². The van der Waals surface area contributed by atoms with Gasteiger partial charge in [0.25, 0.3) is 0 Å². The number of azide groups is 1. The fourth-order valence-corrected chi connectivity index (χ4v) is 1.21. The zero-order chi connectivity index (χ0) is 10.6. The summed E-state index contributed by atoms with van der Waals surface area (Å²) >= 11 is 5.83. The Morgan fingerprint density at radius 1 is 1.29 bits per heavy atom. The fourth-order valence-electron chi connectivity index (χ4n) is 0.970. The van der Waals surface area contributed by atoms with E-state index in [0.717, 1.165) is 0 Å². The molecule has 0 aliphatic rings. The topological polar surface area (TPSA) is 67.2 Å². The van der Waals surface area contributed by atoms with E-state index in [-0.39, 0.29) is 0 Å². The van der Waals surface area contributed by atoms with Crippen molar-refractivity contribution in [1.82, 2.24) is 0 Å². The summed E-state index contributed by atoms with van der Waals surface area (Å²) in [6, 6.07) is 3.05. The van der Waals surface area contributed by atoms with Gasteiger partial charge in [0.05, 0.1) is 24.9 Å². The predicted octanol–water partition coefficient (Wildman–Crippen LogP) is 3.30. The predicted molar refractivity (Wildman–Crippen MR) is 53.4 cm³/mol. The lowest BCUT2D eigenvalue weighted by molar-refractivity contribution is 0.395. The molecule has 0 atom stereocenters. The van der Waals surface area contributed by atoms with Gasteiger partial charge in [-0.2, -0.15) is 0 Å². The summed E-state index contributed by atoms with van der Waals surface area (Å²) in [7, 11) is 2.97. The molecule has 0 unspecified atom stereocenters. The average molecular weight is 214 g/mol. The van der Waals surface area contributed by atoms with E-state index in [9.17, 15) is 0 Å². The molecule has 0 spiro atoms. The third-order valence-corrected chi connectivity index (χ3v) is 1.90. The number of benzene rings is 1. The lowest BCUT2D eigenvalue weighted by Gasteiger charge is -2.08. The van der Waals surface area contributed by atoms with Crippen LogP contribution >= 0.6 is 11.6 Å². The number of hydrogen-bond acceptors (Lipinski definition) is 3. The van der Waals surface area contributed by atoms with Crippen LogP contribution in [0.2, 0.25) is 5.02 Å². The number of hydrogen-bond donors (Lipinski definition) is 0. The maximum absolute atomic E-state index is 8.29. The molecule has 0 bridgehead atoms. The molecule has 0 radical (unpaired) electrons. The molecule has 0 aliphatic heterocycles. The van der Waals surface area contributed by atoms with Crippen LogP contribution in [0.4, 0.5) is 5.69 Å². The molecule has 0 aliphatic carbocycles. The third kappa shape index (κ3) is 2.02. The van der Waals surface area contributed by atoms with E-state index >= 15 is 0 Å². The highest BCUT2D eigenvalue weighted by Crippen LogP contribution is 2.37. The van der Waals surface area contributed by atoms with Gasteiger partial charge in [-0.1, -0.05) is 16.7 Å². The summed E-state index contributed by atoms with van der Waals surface area (Å²) in [5.74, 6) is 0.893. The maximum atomic E-state index is 8.29. The second kappa shape index (κ2) is 4.60. The molecule has 0 saturated heterocycles. The zero-order valence-electron chi connectivity index (χ0n) is 7.69. The normalized spacial score (nSPS) is 9.07. The van der Waals surface area contributed by atoms with Crippen molar-refractivity contribution in [3.05, 3.63) is 27.6 Å². The number of methoxy groups -OCH3 is 2. The van der Waals surface area contributed by atoms with Crippen molar-refractivity contribution in [2.24, 2.45) is 5.11 Å². The molecule has 1 rings (SSSR count). The van der Waals surface area contributed by atoms with Crippen LogP contribution in [0, 0.1) is 0 Å². The Morgan fingerprint density at radius 3 is 2.43 bits per heavy atom. The quantitative estimate of drug-likeness (QED) is 0.439. The van der Waals surface area contributed by atoms with Crippen molar-refractivity contribution < 1.29 is 9.47 Å². The minimum atomic E-state index is 0.334. The van der Waals surface area contributed by atoms with Crippen LogP contribution in [-0.2, 0) is 0 Å². The highest BCUT2D eigenvalue weighted by Gasteiger charge is 2.07. The first-order chi connectivity index (χ1) is 6.72. The van der Waals surface area contributed by atoms with Crippen molar-refractivity contribution in [2.75, 3.05) is 14.2 Å². The van der Waals surface area contributed by atoms with Crippen LogP contribution in [-0.4, -0.2) is 14.2 Å². The van der Waals surface area contributed by atoms with E-state index in [2.05, 4.69) is 10.0 Å². The van der Waals surface area contributed by atoms with Gasteiger partial charge in [-0.3, -0.25) is 0 Å². The van der Waals surface area contributed by atoms with Gasteiger partial charge in [-0.25, -0.2) is 0 Å². The van der Waals surface area contributed by atoms with E-state index in [1.54, 1.807) is 6.07 Å². The summed E-state index contributed by atoms with van der Waals surface area (Å²) in [5, 5.41) is 3.80. The monoisotopic (exact) mass is 213 g/mol. The first-order valence-electron chi connectivity index (χ1n) is 3.69. The molecule has 0 fully saturated rings. The van der Waals surface area contributed by atoms with Crippen molar-refractivity contribution in [3.8, 4) is 11.5 Å². The summed E-state index contributed by atoms with van der Waals surface area (Å²) in [6.45, 7) is 0. The fraction of sp³-hybridized carbons (Fsp3) is 0.250. The molecule has 5 nitrogen and oxygen atoms in total. The number of nitrogens with zero attached hydrogens (tertiary/aromatic N) is 3. The molecule has 0 N–H and O–H groups in total. The van der Waals surface area contributed by atoms with E-state index in [0.29, 0.717) is 22.2 Å². The second-order valence-electron chi connectivity index (χ2n) is 2.35. The first kappa shape index (κ1) is 10.5. The lowest BCUT2D eigenvalue weighted by Crippen LogP contribution is -1.88. The van der Waals surface area contributed by atoms with Crippen molar-refractivity contribution in [1.29, 1.82) is 0 Å². The van der Waals surface area contributed by atoms with Gasteiger partial charge in [0.2, 0.25) is 0 Å². The number of ether oxygens (including phenoxy) is 2. The van der Waals surface area contributed by atoms with Crippen LogP contribution in [0.5, 0.6) is 11.5 Å². The third-order valence-electron chi connectivity index (χ3n) is 1.61. The minimum absolute atomic E-state index is 0.334. The maximum Gasteiger partial charge on any atom is 0.141 e. The smallest absolute Gasteiger partial charge is 0.141 e. The SMILES string of the molecule is COc1cc(OC)c(N=[N+]=[N-])cc1Cl. The molecule has 1 aromatic rings. The molecule has 0 heterocycles. The minimum Gasteiger partial charge on any atom is -0.496 e. The molecule has 0 amide bonds. The van der Waals surface area contributed by atoms with E-state index < -0.39 is 0 Å². The summed E-state index contributed by atoms with van der Waals surface area (Å²) < 4.78 is 9.97. The Bertz CT molecular complexity index is 388. The van der Waals surface area contributed by atoms with Crippen molar-refractivity contribution in [3.63, 3.8) is 0 Å². The van der Waals surface area contributed by atoms with Crippen LogP contribution in [0.3, 0.4) is 0 Å². The number of rotatable bonds is 3. The largest absolute Gasteiger partial charge is 0.496 e. The molecule has 14 heavy (non-hydrogen) atoms. The average Bonchev–Trinajstić information content (AvgIpc) is 2.19.